The Labute approximate surface area is 260 Å². The van der Waals surface area contributed by atoms with Crippen molar-refractivity contribution >= 4 is 43.4 Å². The number of amides is 1. The number of aromatic hydroxyl groups is 1. The highest BCUT2D eigenvalue weighted by Gasteiger charge is 2.36. The van der Waals surface area contributed by atoms with Gasteiger partial charge in [-0.3, -0.25) is 4.90 Å². The molecule has 42 heavy (non-hydrogen) atoms. The first kappa shape index (κ1) is 29.0. The van der Waals surface area contributed by atoms with E-state index in [4.69, 9.17) is 9.47 Å². The van der Waals surface area contributed by atoms with Gasteiger partial charge in [-0.05, 0) is 105 Å². The molecule has 0 bridgehead atoms. The van der Waals surface area contributed by atoms with E-state index >= 15 is 0 Å². The fourth-order valence-corrected chi connectivity index (χ4v) is 7.34. The number of nitrogens with zero attached hydrogens (tertiary/aromatic N) is 2. The molecule has 4 aromatic rings. The lowest BCUT2D eigenvalue weighted by molar-refractivity contribution is -0.0311. The van der Waals surface area contributed by atoms with Crippen molar-refractivity contribution in [2.75, 3.05) is 26.2 Å². The number of carbonyl (C=O) groups is 1. The summed E-state index contributed by atoms with van der Waals surface area (Å²) in [4.78, 5) is 17.9. The third-order valence-electron chi connectivity index (χ3n) is 8.00. The number of thiophene rings is 1. The summed E-state index contributed by atoms with van der Waals surface area (Å²) >= 11 is 5.27. The van der Waals surface area contributed by atoms with Crippen molar-refractivity contribution in [1.29, 1.82) is 0 Å². The van der Waals surface area contributed by atoms with E-state index in [9.17, 15) is 9.90 Å². The van der Waals surface area contributed by atoms with Crippen LogP contribution in [0, 0.1) is 0 Å². The molecule has 8 heteroatoms. The van der Waals surface area contributed by atoms with E-state index in [-0.39, 0.29) is 12.2 Å². The number of fused-ring (bicyclic) bond motifs is 1. The number of phenolic OH excluding ortho intramolecular Hbond substituents is 1. The number of phenols is 1. The minimum Gasteiger partial charge on any atom is -0.508 e. The number of piperidine rings is 1. The molecular formula is C34H37BrN2O4S. The largest absolute Gasteiger partial charge is 0.508 e. The van der Waals surface area contributed by atoms with Gasteiger partial charge < -0.3 is 19.5 Å². The summed E-state index contributed by atoms with van der Waals surface area (Å²) in [5.41, 5.74) is 3.22. The SMILES string of the molecule is CC(C)(C)OC(=O)N1CCC(N2CC(Oc3ccc(Cc4c(-c5ccc(Br)cc5)sc5cc(O)ccc45)cc3)C2)CC1. The summed E-state index contributed by atoms with van der Waals surface area (Å²) in [7, 11) is 0. The van der Waals surface area contributed by atoms with Gasteiger partial charge in [0.2, 0.25) is 0 Å². The minimum absolute atomic E-state index is 0.192. The molecule has 2 saturated heterocycles. The van der Waals surface area contributed by atoms with Crippen LogP contribution in [0.3, 0.4) is 0 Å². The van der Waals surface area contributed by atoms with E-state index < -0.39 is 5.60 Å². The Morgan fingerprint density at radius 3 is 2.36 bits per heavy atom. The molecule has 2 aliphatic heterocycles. The van der Waals surface area contributed by atoms with Gasteiger partial charge in [-0.1, -0.05) is 40.2 Å². The molecule has 0 atom stereocenters. The van der Waals surface area contributed by atoms with Crippen molar-refractivity contribution in [2.45, 2.75) is 57.8 Å². The van der Waals surface area contributed by atoms with Crippen molar-refractivity contribution in [2.24, 2.45) is 0 Å². The first-order chi connectivity index (χ1) is 20.1. The van der Waals surface area contributed by atoms with E-state index in [1.807, 2.05) is 37.8 Å². The molecule has 6 rings (SSSR count). The predicted molar refractivity (Wildman–Crippen MR) is 173 cm³/mol. The Bertz CT molecular complexity index is 1550. The number of carbonyl (C=O) groups excluding carboxylic acids is 1. The molecule has 3 aromatic carbocycles. The molecule has 0 spiro atoms. The molecular weight excluding hydrogens is 612 g/mol. The standard InChI is InChI=1S/C34H37BrN2O4S/c1-34(2,3)41-33(39)36-16-14-25(15-17-36)37-20-28(21-37)40-27-11-4-22(5-12-27)18-30-29-13-10-26(38)19-31(29)42-32(30)23-6-8-24(35)9-7-23/h4-13,19,25,28,38H,14-18,20-21H2,1-3H3. The topological polar surface area (TPSA) is 62.2 Å². The fraction of sp³-hybridized carbons (Fsp3) is 0.382. The van der Waals surface area contributed by atoms with Gasteiger partial charge in [0.25, 0.3) is 0 Å². The molecule has 1 amide bonds. The molecule has 0 radical (unpaired) electrons. The maximum absolute atomic E-state index is 12.4. The van der Waals surface area contributed by atoms with E-state index in [1.165, 1.54) is 27.0 Å². The Morgan fingerprint density at radius 1 is 1.00 bits per heavy atom. The molecule has 0 unspecified atom stereocenters. The van der Waals surface area contributed by atoms with Crippen molar-refractivity contribution < 1.29 is 19.4 Å². The molecule has 6 nitrogen and oxygen atoms in total. The van der Waals surface area contributed by atoms with Gasteiger partial charge in [0, 0.05) is 46.3 Å². The van der Waals surface area contributed by atoms with Gasteiger partial charge in [0.15, 0.2) is 0 Å². The summed E-state index contributed by atoms with van der Waals surface area (Å²) in [6, 6.07) is 23.1. The van der Waals surface area contributed by atoms with Gasteiger partial charge in [0.1, 0.15) is 23.2 Å². The predicted octanol–water partition coefficient (Wildman–Crippen LogP) is 8.09. The van der Waals surface area contributed by atoms with Crippen molar-refractivity contribution in [3.05, 3.63) is 82.3 Å². The lowest BCUT2D eigenvalue weighted by Crippen LogP contribution is -2.60. The maximum atomic E-state index is 12.4. The Morgan fingerprint density at radius 2 is 1.69 bits per heavy atom. The molecule has 0 aliphatic carbocycles. The number of hydrogen-bond donors (Lipinski definition) is 1. The molecule has 2 fully saturated rings. The van der Waals surface area contributed by atoms with Gasteiger partial charge in [-0.25, -0.2) is 4.79 Å². The lowest BCUT2D eigenvalue weighted by Gasteiger charge is -2.46. The fourth-order valence-electron chi connectivity index (χ4n) is 5.81. The highest BCUT2D eigenvalue weighted by molar-refractivity contribution is 9.10. The van der Waals surface area contributed by atoms with Gasteiger partial charge in [-0.15, -0.1) is 11.3 Å². The summed E-state index contributed by atoms with van der Waals surface area (Å²) in [5, 5.41) is 11.3. The number of hydrogen-bond acceptors (Lipinski definition) is 6. The van der Waals surface area contributed by atoms with Crippen LogP contribution in [-0.2, 0) is 11.2 Å². The molecule has 220 valence electrons. The summed E-state index contributed by atoms with van der Waals surface area (Å²) in [6.45, 7) is 9.05. The van der Waals surface area contributed by atoms with Crippen LogP contribution in [0.25, 0.3) is 20.5 Å². The third kappa shape index (κ3) is 6.61. The minimum atomic E-state index is -0.458. The Balaban J connectivity index is 1.05. The average molecular weight is 650 g/mol. The molecule has 1 N–H and O–H groups in total. The van der Waals surface area contributed by atoms with Crippen LogP contribution in [0.15, 0.2) is 71.2 Å². The van der Waals surface area contributed by atoms with Crippen LogP contribution in [0.4, 0.5) is 4.79 Å². The summed E-state index contributed by atoms with van der Waals surface area (Å²) in [6.07, 6.45) is 2.73. The summed E-state index contributed by atoms with van der Waals surface area (Å²) in [5.74, 6) is 1.19. The lowest BCUT2D eigenvalue weighted by atomic mass is 9.98. The maximum Gasteiger partial charge on any atom is 0.410 e. The highest BCUT2D eigenvalue weighted by Crippen LogP contribution is 2.41. The number of halogens is 1. The van der Waals surface area contributed by atoms with Crippen LogP contribution in [0.2, 0.25) is 0 Å². The molecule has 3 heterocycles. The normalized spacial score (nSPS) is 16.9. The Kier molecular flexibility index (Phi) is 8.22. The number of likely N-dealkylation sites (tertiary alicyclic amines) is 2. The van der Waals surface area contributed by atoms with Gasteiger partial charge >= 0.3 is 6.09 Å². The number of ether oxygens (including phenoxy) is 2. The molecule has 0 saturated carbocycles. The van der Waals surface area contributed by atoms with Crippen LogP contribution in [-0.4, -0.2) is 64.9 Å². The first-order valence-corrected chi connectivity index (χ1v) is 16.2. The number of benzene rings is 3. The zero-order valence-corrected chi connectivity index (χ0v) is 26.7. The molecule has 2 aliphatic rings. The van der Waals surface area contributed by atoms with E-state index in [0.717, 1.165) is 60.4 Å². The smallest absolute Gasteiger partial charge is 0.410 e. The van der Waals surface area contributed by atoms with E-state index in [1.54, 1.807) is 17.4 Å². The Hall–Kier alpha value is -3.07. The monoisotopic (exact) mass is 648 g/mol. The quantitative estimate of drug-likeness (QED) is 0.229. The van der Waals surface area contributed by atoms with Gasteiger partial charge in [-0.2, -0.15) is 0 Å². The van der Waals surface area contributed by atoms with Crippen molar-refractivity contribution in [1.82, 2.24) is 9.80 Å². The zero-order chi connectivity index (χ0) is 29.4. The van der Waals surface area contributed by atoms with E-state index in [2.05, 4.69) is 69.4 Å². The second-order valence-electron chi connectivity index (χ2n) is 12.3. The van der Waals surface area contributed by atoms with E-state index in [0.29, 0.717) is 11.8 Å². The second kappa shape index (κ2) is 11.9. The van der Waals surface area contributed by atoms with Crippen molar-refractivity contribution in [3.8, 4) is 21.9 Å². The van der Waals surface area contributed by atoms with Crippen LogP contribution in [0.5, 0.6) is 11.5 Å². The number of rotatable bonds is 6. The first-order valence-electron chi connectivity index (χ1n) is 14.6. The van der Waals surface area contributed by atoms with Crippen LogP contribution >= 0.6 is 27.3 Å². The van der Waals surface area contributed by atoms with Crippen LogP contribution < -0.4 is 4.74 Å². The average Bonchev–Trinajstić information content (AvgIpc) is 3.28. The van der Waals surface area contributed by atoms with Gasteiger partial charge in [0.05, 0.1) is 0 Å². The van der Waals surface area contributed by atoms with Crippen LogP contribution in [0.1, 0.15) is 44.7 Å². The highest BCUT2D eigenvalue weighted by atomic mass is 79.9. The molecule has 1 aromatic heterocycles. The second-order valence-corrected chi connectivity index (χ2v) is 14.3. The third-order valence-corrected chi connectivity index (χ3v) is 9.77. The zero-order valence-electron chi connectivity index (χ0n) is 24.3. The van der Waals surface area contributed by atoms with Crippen molar-refractivity contribution in [3.63, 3.8) is 0 Å². The summed E-state index contributed by atoms with van der Waals surface area (Å²) < 4.78 is 14.0.